The van der Waals surface area contributed by atoms with Gasteiger partial charge >= 0.3 is 0 Å². The van der Waals surface area contributed by atoms with Crippen LogP contribution in [0.25, 0.3) is 0 Å². The highest BCUT2D eigenvalue weighted by Gasteiger charge is 2.09. The molecule has 0 aromatic heterocycles. The molecule has 0 aliphatic heterocycles. The number of rotatable bonds is 7. The van der Waals surface area contributed by atoms with Gasteiger partial charge in [-0.2, -0.15) is 0 Å². The van der Waals surface area contributed by atoms with Gasteiger partial charge in [0.05, 0.1) is 0 Å². The van der Waals surface area contributed by atoms with Crippen LogP contribution < -0.4 is 11.1 Å². The number of carbonyl (C=O) groups excluding carboxylic acids is 1. The van der Waals surface area contributed by atoms with Crippen LogP contribution in [0.2, 0.25) is 0 Å². The smallest absolute Gasteiger partial charge is 0.225 e. The van der Waals surface area contributed by atoms with E-state index in [0.29, 0.717) is 19.0 Å². The van der Waals surface area contributed by atoms with Crippen molar-refractivity contribution in [2.24, 2.45) is 5.73 Å². The summed E-state index contributed by atoms with van der Waals surface area (Å²) in [5.74, 6) is 0.0552. The Bertz CT molecular complexity index is 387. The molecule has 1 amide bonds. The third-order valence-corrected chi connectivity index (χ3v) is 3.24. The summed E-state index contributed by atoms with van der Waals surface area (Å²) in [5, 5.41) is 2.91. The van der Waals surface area contributed by atoms with Gasteiger partial charge in [0.25, 0.3) is 0 Å². The molecule has 0 heterocycles. The number of amides is 1. The Hall–Kier alpha value is -1.39. The maximum Gasteiger partial charge on any atom is 0.225 e. The van der Waals surface area contributed by atoms with E-state index in [1.807, 2.05) is 24.3 Å². The van der Waals surface area contributed by atoms with Crippen molar-refractivity contribution in [2.45, 2.75) is 39.8 Å². The van der Waals surface area contributed by atoms with E-state index in [1.54, 1.807) is 0 Å². The van der Waals surface area contributed by atoms with Gasteiger partial charge in [-0.05, 0) is 38.1 Å². The summed E-state index contributed by atoms with van der Waals surface area (Å²) >= 11 is 0. The number of carbonyl (C=O) groups is 1. The van der Waals surface area contributed by atoms with E-state index in [9.17, 15) is 4.79 Å². The van der Waals surface area contributed by atoms with Gasteiger partial charge in [0, 0.05) is 31.2 Å². The molecule has 4 heteroatoms. The van der Waals surface area contributed by atoms with Crippen molar-refractivity contribution in [3.63, 3.8) is 0 Å². The Labute approximate surface area is 116 Å². The standard InChI is InChI=1S/C15H25N3O/c1-4-18(12(2)3)10-9-15(19)17-14-7-5-13(11-16)6-8-14/h5-8,12H,4,9-11,16H2,1-3H3,(H,17,19). The van der Waals surface area contributed by atoms with Crippen LogP contribution in [0.15, 0.2) is 24.3 Å². The topological polar surface area (TPSA) is 58.4 Å². The largest absolute Gasteiger partial charge is 0.326 e. The highest BCUT2D eigenvalue weighted by molar-refractivity contribution is 5.90. The normalized spacial score (nSPS) is 11.1. The van der Waals surface area contributed by atoms with Crippen LogP contribution >= 0.6 is 0 Å². The van der Waals surface area contributed by atoms with Crippen LogP contribution in [0.3, 0.4) is 0 Å². The lowest BCUT2D eigenvalue weighted by atomic mass is 10.2. The highest BCUT2D eigenvalue weighted by atomic mass is 16.1. The van der Waals surface area contributed by atoms with E-state index in [2.05, 4.69) is 31.0 Å². The van der Waals surface area contributed by atoms with Crippen molar-refractivity contribution >= 4 is 11.6 Å². The molecule has 0 saturated carbocycles. The molecule has 1 aromatic carbocycles. The first-order valence-electron chi connectivity index (χ1n) is 6.89. The number of nitrogens with two attached hydrogens (primary N) is 1. The Balaban J connectivity index is 2.42. The molecule has 0 spiro atoms. The molecule has 0 radical (unpaired) electrons. The third-order valence-electron chi connectivity index (χ3n) is 3.24. The quantitative estimate of drug-likeness (QED) is 0.793. The van der Waals surface area contributed by atoms with Crippen molar-refractivity contribution in [2.75, 3.05) is 18.4 Å². The van der Waals surface area contributed by atoms with Crippen LogP contribution in [0, 0.1) is 0 Å². The Kier molecular flexibility index (Phi) is 6.53. The lowest BCUT2D eigenvalue weighted by Gasteiger charge is -2.24. The van der Waals surface area contributed by atoms with Gasteiger partial charge in [0.2, 0.25) is 5.91 Å². The molecular weight excluding hydrogens is 238 g/mol. The zero-order chi connectivity index (χ0) is 14.3. The zero-order valence-electron chi connectivity index (χ0n) is 12.1. The minimum atomic E-state index is 0.0552. The SMILES string of the molecule is CCN(CCC(=O)Nc1ccc(CN)cc1)C(C)C. The number of hydrogen-bond donors (Lipinski definition) is 2. The number of hydrogen-bond acceptors (Lipinski definition) is 3. The molecule has 4 nitrogen and oxygen atoms in total. The highest BCUT2D eigenvalue weighted by Crippen LogP contribution is 2.09. The molecule has 0 bridgehead atoms. The summed E-state index contributed by atoms with van der Waals surface area (Å²) in [6.07, 6.45) is 0.519. The van der Waals surface area contributed by atoms with Crippen molar-refractivity contribution in [3.8, 4) is 0 Å². The lowest BCUT2D eigenvalue weighted by molar-refractivity contribution is -0.116. The average Bonchev–Trinajstić information content (AvgIpc) is 2.40. The molecule has 0 aliphatic rings. The minimum Gasteiger partial charge on any atom is -0.326 e. The molecule has 0 aliphatic carbocycles. The Morgan fingerprint density at radius 2 is 1.95 bits per heavy atom. The summed E-state index contributed by atoms with van der Waals surface area (Å²) in [5.41, 5.74) is 7.43. The lowest BCUT2D eigenvalue weighted by Crippen LogP contribution is -2.33. The maximum absolute atomic E-state index is 11.8. The van der Waals surface area contributed by atoms with Crippen molar-refractivity contribution in [3.05, 3.63) is 29.8 Å². The zero-order valence-corrected chi connectivity index (χ0v) is 12.1. The second-order valence-electron chi connectivity index (χ2n) is 4.92. The van der Waals surface area contributed by atoms with E-state index in [-0.39, 0.29) is 5.91 Å². The van der Waals surface area contributed by atoms with Gasteiger partial charge in [-0.3, -0.25) is 4.79 Å². The fraction of sp³-hybridized carbons (Fsp3) is 0.533. The minimum absolute atomic E-state index is 0.0552. The van der Waals surface area contributed by atoms with Crippen LogP contribution in [-0.4, -0.2) is 29.9 Å². The molecule has 0 fully saturated rings. The Morgan fingerprint density at radius 1 is 1.32 bits per heavy atom. The molecule has 1 aromatic rings. The van der Waals surface area contributed by atoms with E-state index in [0.717, 1.165) is 24.3 Å². The molecule has 0 atom stereocenters. The van der Waals surface area contributed by atoms with Gasteiger partial charge in [0.1, 0.15) is 0 Å². The fourth-order valence-electron chi connectivity index (χ4n) is 1.97. The van der Waals surface area contributed by atoms with Crippen LogP contribution in [0.1, 0.15) is 32.8 Å². The van der Waals surface area contributed by atoms with E-state index < -0.39 is 0 Å². The first-order valence-corrected chi connectivity index (χ1v) is 6.89. The summed E-state index contributed by atoms with van der Waals surface area (Å²) in [7, 11) is 0. The molecule has 0 saturated heterocycles. The summed E-state index contributed by atoms with van der Waals surface area (Å²) in [4.78, 5) is 14.1. The summed E-state index contributed by atoms with van der Waals surface area (Å²) in [6.45, 7) is 8.69. The molecule has 3 N–H and O–H groups in total. The van der Waals surface area contributed by atoms with Gasteiger partial charge in [0.15, 0.2) is 0 Å². The second-order valence-corrected chi connectivity index (χ2v) is 4.92. The Morgan fingerprint density at radius 3 is 2.42 bits per heavy atom. The number of benzene rings is 1. The van der Waals surface area contributed by atoms with Gasteiger partial charge in [-0.25, -0.2) is 0 Å². The van der Waals surface area contributed by atoms with E-state index in [4.69, 9.17) is 5.73 Å². The average molecular weight is 263 g/mol. The molecule has 106 valence electrons. The van der Waals surface area contributed by atoms with Crippen LogP contribution in [-0.2, 0) is 11.3 Å². The number of nitrogens with one attached hydrogen (secondary N) is 1. The molecular formula is C15H25N3O. The first-order chi connectivity index (χ1) is 9.06. The summed E-state index contributed by atoms with van der Waals surface area (Å²) in [6, 6.07) is 8.12. The molecule has 19 heavy (non-hydrogen) atoms. The molecule has 0 unspecified atom stereocenters. The van der Waals surface area contributed by atoms with Crippen LogP contribution in [0.4, 0.5) is 5.69 Å². The van der Waals surface area contributed by atoms with Crippen molar-refractivity contribution < 1.29 is 4.79 Å². The predicted molar refractivity (Wildman–Crippen MR) is 80.0 cm³/mol. The van der Waals surface area contributed by atoms with E-state index >= 15 is 0 Å². The third kappa shape index (κ3) is 5.41. The van der Waals surface area contributed by atoms with Gasteiger partial charge in [-0.15, -0.1) is 0 Å². The van der Waals surface area contributed by atoms with Crippen molar-refractivity contribution in [1.82, 2.24) is 4.90 Å². The maximum atomic E-state index is 11.8. The van der Waals surface area contributed by atoms with E-state index in [1.165, 1.54) is 0 Å². The monoisotopic (exact) mass is 263 g/mol. The summed E-state index contributed by atoms with van der Waals surface area (Å²) < 4.78 is 0. The van der Waals surface area contributed by atoms with Crippen molar-refractivity contribution in [1.29, 1.82) is 0 Å². The number of nitrogens with zero attached hydrogens (tertiary/aromatic N) is 1. The molecule has 1 rings (SSSR count). The number of anilines is 1. The van der Waals surface area contributed by atoms with Gasteiger partial charge < -0.3 is 16.0 Å². The predicted octanol–water partition coefficient (Wildman–Crippen LogP) is 2.20. The van der Waals surface area contributed by atoms with Crippen LogP contribution in [0.5, 0.6) is 0 Å². The fourth-order valence-corrected chi connectivity index (χ4v) is 1.97. The first kappa shape index (κ1) is 15.7. The van der Waals surface area contributed by atoms with Gasteiger partial charge in [-0.1, -0.05) is 19.1 Å². The second kappa shape index (κ2) is 7.92.